The molecule has 0 N–H and O–H groups in total. The lowest BCUT2D eigenvalue weighted by Crippen LogP contribution is -2.31. The van der Waals surface area contributed by atoms with Crippen LogP contribution >= 0.6 is 0 Å². The van der Waals surface area contributed by atoms with Crippen molar-refractivity contribution in [2.75, 3.05) is 13.1 Å². The predicted octanol–water partition coefficient (Wildman–Crippen LogP) is 1.49. The number of nitrogens with zero attached hydrogens (tertiary/aromatic N) is 2. The van der Waals surface area contributed by atoms with E-state index in [-0.39, 0.29) is 5.91 Å². The standard InChI is InChI=1S/C12H14N2O/c1-4-8-14(5-2)12(15)11-7-6-10(3)13-9-11/h1,6-7,9H,5,8H2,2-3H3. The number of aryl methyl sites for hydroxylation is 1. The van der Waals surface area contributed by atoms with E-state index in [4.69, 9.17) is 6.42 Å². The highest BCUT2D eigenvalue weighted by atomic mass is 16.2. The Morgan fingerprint density at radius 1 is 1.60 bits per heavy atom. The Balaban J connectivity index is 2.84. The first kappa shape index (κ1) is 11.3. The van der Waals surface area contributed by atoms with Crippen molar-refractivity contribution in [3.05, 3.63) is 29.6 Å². The number of aromatic nitrogens is 1. The Morgan fingerprint density at radius 2 is 2.33 bits per heavy atom. The summed E-state index contributed by atoms with van der Waals surface area (Å²) in [6.45, 7) is 4.73. The summed E-state index contributed by atoms with van der Waals surface area (Å²) in [7, 11) is 0. The third kappa shape index (κ3) is 2.81. The maximum atomic E-state index is 11.9. The van der Waals surface area contributed by atoms with Crippen LogP contribution in [-0.2, 0) is 0 Å². The Hall–Kier alpha value is -1.82. The zero-order valence-corrected chi connectivity index (χ0v) is 9.03. The van der Waals surface area contributed by atoms with Crippen molar-refractivity contribution in [1.82, 2.24) is 9.88 Å². The van der Waals surface area contributed by atoms with Gasteiger partial charge in [0.1, 0.15) is 0 Å². The van der Waals surface area contributed by atoms with Gasteiger partial charge in [0.05, 0.1) is 12.1 Å². The van der Waals surface area contributed by atoms with E-state index < -0.39 is 0 Å². The van der Waals surface area contributed by atoms with Crippen LogP contribution in [0.1, 0.15) is 23.0 Å². The summed E-state index contributed by atoms with van der Waals surface area (Å²) >= 11 is 0. The van der Waals surface area contributed by atoms with Gasteiger partial charge in [-0.25, -0.2) is 0 Å². The summed E-state index contributed by atoms with van der Waals surface area (Å²) in [5.74, 6) is 2.40. The van der Waals surface area contributed by atoms with Gasteiger partial charge >= 0.3 is 0 Å². The zero-order valence-electron chi connectivity index (χ0n) is 9.03. The molecule has 3 heteroatoms. The SMILES string of the molecule is C#CCN(CC)C(=O)c1ccc(C)nc1. The molecule has 1 amide bonds. The molecule has 0 atom stereocenters. The number of amides is 1. The van der Waals surface area contributed by atoms with Crippen molar-refractivity contribution in [1.29, 1.82) is 0 Å². The smallest absolute Gasteiger partial charge is 0.256 e. The maximum absolute atomic E-state index is 11.9. The van der Waals surface area contributed by atoms with Gasteiger partial charge in [-0.15, -0.1) is 6.42 Å². The highest BCUT2D eigenvalue weighted by Crippen LogP contribution is 2.04. The van der Waals surface area contributed by atoms with Gasteiger partial charge in [-0.3, -0.25) is 9.78 Å². The molecule has 3 nitrogen and oxygen atoms in total. The molecule has 0 aromatic carbocycles. The lowest BCUT2D eigenvalue weighted by Gasteiger charge is -2.17. The van der Waals surface area contributed by atoms with Gasteiger partial charge in [-0.05, 0) is 26.0 Å². The van der Waals surface area contributed by atoms with Gasteiger partial charge in [0.2, 0.25) is 0 Å². The highest BCUT2D eigenvalue weighted by Gasteiger charge is 2.12. The van der Waals surface area contributed by atoms with Crippen molar-refractivity contribution in [3.8, 4) is 12.3 Å². The van der Waals surface area contributed by atoms with Crippen LogP contribution in [0.15, 0.2) is 18.3 Å². The van der Waals surface area contributed by atoms with E-state index in [1.54, 1.807) is 17.2 Å². The van der Waals surface area contributed by atoms with Crippen LogP contribution in [0.25, 0.3) is 0 Å². The molecule has 15 heavy (non-hydrogen) atoms. The minimum atomic E-state index is -0.0667. The summed E-state index contributed by atoms with van der Waals surface area (Å²) in [5, 5.41) is 0. The number of terminal acetylenes is 1. The topological polar surface area (TPSA) is 33.2 Å². The second-order valence-electron chi connectivity index (χ2n) is 3.21. The molecule has 0 radical (unpaired) electrons. The summed E-state index contributed by atoms with van der Waals surface area (Å²) in [6, 6.07) is 3.58. The van der Waals surface area contributed by atoms with Crippen molar-refractivity contribution >= 4 is 5.91 Å². The Kier molecular flexibility index (Phi) is 3.87. The number of carbonyl (C=O) groups excluding carboxylic acids is 1. The summed E-state index contributed by atoms with van der Waals surface area (Å²) in [4.78, 5) is 17.5. The number of hydrogen-bond donors (Lipinski definition) is 0. The van der Waals surface area contributed by atoms with E-state index in [0.717, 1.165) is 5.69 Å². The summed E-state index contributed by atoms with van der Waals surface area (Å²) < 4.78 is 0. The molecule has 1 rings (SSSR count). The summed E-state index contributed by atoms with van der Waals surface area (Å²) in [6.07, 6.45) is 6.77. The third-order valence-electron chi connectivity index (χ3n) is 2.11. The van der Waals surface area contributed by atoms with Gasteiger partial charge in [0, 0.05) is 18.4 Å². The Labute approximate surface area is 90.1 Å². The zero-order chi connectivity index (χ0) is 11.3. The lowest BCUT2D eigenvalue weighted by molar-refractivity contribution is 0.0784. The second kappa shape index (κ2) is 5.16. The number of carbonyl (C=O) groups is 1. The summed E-state index contributed by atoms with van der Waals surface area (Å²) in [5.41, 5.74) is 1.48. The average Bonchev–Trinajstić information content (AvgIpc) is 2.26. The van der Waals surface area contributed by atoms with E-state index in [0.29, 0.717) is 18.7 Å². The Morgan fingerprint density at radius 3 is 2.80 bits per heavy atom. The van der Waals surface area contributed by atoms with Crippen molar-refractivity contribution < 1.29 is 4.79 Å². The van der Waals surface area contributed by atoms with Gasteiger partial charge in [-0.2, -0.15) is 0 Å². The van der Waals surface area contributed by atoms with Crippen LogP contribution in [-0.4, -0.2) is 28.9 Å². The van der Waals surface area contributed by atoms with Crippen LogP contribution in [0.5, 0.6) is 0 Å². The molecule has 78 valence electrons. The molecule has 0 aliphatic carbocycles. The predicted molar refractivity (Wildman–Crippen MR) is 59.4 cm³/mol. The Bertz CT molecular complexity index is 376. The fourth-order valence-corrected chi connectivity index (χ4v) is 1.21. The molecular weight excluding hydrogens is 188 g/mol. The first-order chi connectivity index (χ1) is 7.19. The molecule has 0 bridgehead atoms. The van der Waals surface area contributed by atoms with Gasteiger partial charge in [-0.1, -0.05) is 5.92 Å². The van der Waals surface area contributed by atoms with Crippen LogP contribution in [0, 0.1) is 19.3 Å². The van der Waals surface area contributed by atoms with Gasteiger partial charge in [0.15, 0.2) is 0 Å². The van der Waals surface area contributed by atoms with Crippen molar-refractivity contribution in [2.24, 2.45) is 0 Å². The second-order valence-corrected chi connectivity index (χ2v) is 3.21. The fourth-order valence-electron chi connectivity index (χ4n) is 1.21. The first-order valence-electron chi connectivity index (χ1n) is 4.84. The largest absolute Gasteiger partial charge is 0.328 e. The molecule has 1 aromatic heterocycles. The number of rotatable bonds is 3. The molecule has 0 aliphatic rings. The molecule has 1 heterocycles. The van der Waals surface area contributed by atoms with Crippen LogP contribution in [0.3, 0.4) is 0 Å². The average molecular weight is 202 g/mol. The molecule has 0 aliphatic heterocycles. The quantitative estimate of drug-likeness (QED) is 0.696. The molecule has 0 spiro atoms. The highest BCUT2D eigenvalue weighted by molar-refractivity contribution is 5.94. The van der Waals surface area contributed by atoms with Crippen LogP contribution < -0.4 is 0 Å². The number of hydrogen-bond acceptors (Lipinski definition) is 2. The monoisotopic (exact) mass is 202 g/mol. The molecule has 0 saturated heterocycles. The molecular formula is C12H14N2O. The number of pyridine rings is 1. The van der Waals surface area contributed by atoms with E-state index in [1.165, 1.54) is 0 Å². The minimum absolute atomic E-state index is 0.0667. The van der Waals surface area contributed by atoms with Crippen molar-refractivity contribution in [2.45, 2.75) is 13.8 Å². The normalized spacial score (nSPS) is 9.40. The molecule has 0 saturated carbocycles. The van der Waals surface area contributed by atoms with E-state index in [2.05, 4.69) is 10.9 Å². The lowest BCUT2D eigenvalue weighted by atomic mass is 10.2. The molecule has 0 unspecified atom stereocenters. The van der Waals surface area contributed by atoms with Crippen LogP contribution in [0.4, 0.5) is 0 Å². The van der Waals surface area contributed by atoms with E-state index in [9.17, 15) is 4.79 Å². The minimum Gasteiger partial charge on any atom is -0.328 e. The van der Waals surface area contributed by atoms with Crippen molar-refractivity contribution in [3.63, 3.8) is 0 Å². The van der Waals surface area contributed by atoms with Gasteiger partial charge < -0.3 is 4.90 Å². The van der Waals surface area contributed by atoms with E-state index in [1.807, 2.05) is 19.9 Å². The first-order valence-corrected chi connectivity index (χ1v) is 4.84. The van der Waals surface area contributed by atoms with E-state index >= 15 is 0 Å². The third-order valence-corrected chi connectivity index (χ3v) is 2.11. The van der Waals surface area contributed by atoms with Gasteiger partial charge in [0.25, 0.3) is 5.91 Å². The fraction of sp³-hybridized carbons (Fsp3) is 0.333. The molecule has 0 fully saturated rings. The maximum Gasteiger partial charge on any atom is 0.256 e. The van der Waals surface area contributed by atoms with Crippen LogP contribution in [0.2, 0.25) is 0 Å². The molecule has 1 aromatic rings.